The number of benzene rings is 1. The lowest BCUT2D eigenvalue weighted by Gasteiger charge is -2.09. The number of carbonyl (C=O) groups is 2. The van der Waals surface area contributed by atoms with Gasteiger partial charge in [0.1, 0.15) is 5.69 Å². The number of nitrogens with one attached hydrogen (secondary N) is 1. The third kappa shape index (κ3) is 4.93. The number of pyridine rings is 3. The summed E-state index contributed by atoms with van der Waals surface area (Å²) in [5, 5.41) is 3.58. The van der Waals surface area contributed by atoms with Crippen LogP contribution in [0, 0.1) is 6.92 Å². The number of carbonyl (C=O) groups excluding carboxylic acids is 2. The molecule has 4 aromatic rings. The van der Waals surface area contributed by atoms with Crippen LogP contribution in [0.5, 0.6) is 0 Å². The predicted octanol–water partition coefficient (Wildman–Crippen LogP) is 3.15. The fourth-order valence-electron chi connectivity index (χ4n) is 3.37. The first kappa shape index (κ1) is 22.2. The fraction of sp³-hybridized carbons (Fsp3) is 0.125. The van der Waals surface area contributed by atoms with Crippen molar-refractivity contribution >= 4 is 32.9 Å². The van der Waals surface area contributed by atoms with Crippen LogP contribution in [-0.2, 0) is 16.4 Å². The zero-order valence-corrected chi connectivity index (χ0v) is 18.8. The van der Waals surface area contributed by atoms with E-state index in [2.05, 4.69) is 20.3 Å². The van der Waals surface area contributed by atoms with Gasteiger partial charge >= 0.3 is 0 Å². The Bertz CT molecular complexity index is 1500. The van der Waals surface area contributed by atoms with Gasteiger partial charge in [-0.25, -0.2) is 18.4 Å². The molecule has 1 aromatic carbocycles. The lowest BCUT2D eigenvalue weighted by Crippen LogP contribution is -2.23. The Balaban J connectivity index is 1.55. The molecule has 0 aliphatic rings. The van der Waals surface area contributed by atoms with E-state index < -0.39 is 15.7 Å². The first-order valence-corrected chi connectivity index (χ1v) is 11.9. The van der Waals surface area contributed by atoms with E-state index in [0.29, 0.717) is 40.1 Å². The molecule has 1 N–H and O–H groups in total. The van der Waals surface area contributed by atoms with Crippen LogP contribution in [0.15, 0.2) is 65.7 Å². The van der Waals surface area contributed by atoms with Crippen molar-refractivity contribution in [3.05, 3.63) is 83.3 Å². The summed E-state index contributed by atoms with van der Waals surface area (Å²) in [7, 11) is -3.44. The van der Waals surface area contributed by atoms with Crippen LogP contribution >= 0.6 is 0 Å². The van der Waals surface area contributed by atoms with Gasteiger partial charge in [-0.3, -0.25) is 14.6 Å². The second kappa shape index (κ2) is 8.87. The van der Waals surface area contributed by atoms with E-state index in [1.807, 2.05) is 6.07 Å². The first-order chi connectivity index (χ1) is 15.7. The molecule has 8 nitrogen and oxygen atoms in total. The van der Waals surface area contributed by atoms with Crippen LogP contribution in [0.25, 0.3) is 22.3 Å². The maximum atomic E-state index is 12.6. The zero-order valence-electron chi connectivity index (χ0n) is 17.9. The minimum Gasteiger partial charge on any atom is -0.346 e. The number of hydrogen-bond acceptors (Lipinski definition) is 7. The second-order valence-electron chi connectivity index (χ2n) is 7.57. The largest absolute Gasteiger partial charge is 0.346 e. The summed E-state index contributed by atoms with van der Waals surface area (Å²) < 4.78 is 23.9. The number of sulfone groups is 1. The lowest BCUT2D eigenvalue weighted by molar-refractivity contribution is 0.0950. The molecule has 9 heteroatoms. The van der Waals surface area contributed by atoms with Crippen LogP contribution in [-0.4, -0.2) is 41.8 Å². The Kier molecular flexibility index (Phi) is 5.97. The zero-order chi connectivity index (χ0) is 23.6. The van der Waals surface area contributed by atoms with E-state index in [1.165, 1.54) is 6.07 Å². The molecule has 0 aliphatic carbocycles. The van der Waals surface area contributed by atoms with Gasteiger partial charge in [-0.1, -0.05) is 12.1 Å². The molecule has 0 spiro atoms. The van der Waals surface area contributed by atoms with E-state index in [1.54, 1.807) is 55.6 Å². The van der Waals surface area contributed by atoms with Crippen molar-refractivity contribution in [2.45, 2.75) is 18.4 Å². The lowest BCUT2D eigenvalue weighted by atomic mass is 10.1. The second-order valence-corrected chi connectivity index (χ2v) is 9.55. The maximum Gasteiger partial charge on any atom is 0.251 e. The fourth-order valence-corrected chi connectivity index (χ4v) is 4.36. The average Bonchev–Trinajstić information content (AvgIpc) is 2.81. The van der Waals surface area contributed by atoms with Gasteiger partial charge in [0.25, 0.3) is 5.91 Å². The molecule has 0 aliphatic heterocycles. The van der Waals surface area contributed by atoms with Crippen LogP contribution in [0.3, 0.4) is 0 Å². The van der Waals surface area contributed by atoms with E-state index in [4.69, 9.17) is 0 Å². The molecule has 3 aromatic heterocycles. The molecule has 1 amide bonds. The Morgan fingerprint density at radius 2 is 1.82 bits per heavy atom. The third-order valence-electron chi connectivity index (χ3n) is 5.06. The van der Waals surface area contributed by atoms with Crippen molar-refractivity contribution in [2.75, 3.05) is 6.26 Å². The molecule has 166 valence electrons. The summed E-state index contributed by atoms with van der Waals surface area (Å²) in [6.45, 7) is 1.82. The van der Waals surface area contributed by atoms with Crippen molar-refractivity contribution in [1.82, 2.24) is 20.3 Å². The number of aryl methyl sites for hydroxylation is 1. The molecule has 0 fully saturated rings. The van der Waals surface area contributed by atoms with Gasteiger partial charge in [0.05, 0.1) is 34.0 Å². The molecule has 0 saturated heterocycles. The summed E-state index contributed by atoms with van der Waals surface area (Å²) >= 11 is 0. The minimum atomic E-state index is -3.44. The van der Waals surface area contributed by atoms with E-state index in [-0.39, 0.29) is 17.0 Å². The molecule has 0 unspecified atom stereocenters. The van der Waals surface area contributed by atoms with E-state index in [9.17, 15) is 18.0 Å². The van der Waals surface area contributed by atoms with Gasteiger partial charge in [-0.05, 0) is 55.0 Å². The van der Waals surface area contributed by atoms with E-state index >= 15 is 0 Å². The molecule has 0 bridgehead atoms. The standard InChI is InChI=1S/C24H20N4O4S/c1-15-6-7-16(10-23(15)33(2,31)32)24(30)26-13-19-11-22-17(12-25-19)8-9-21(28-22)20-5-3-4-18(14-29)27-20/h3-12,14H,13H2,1-2H3,(H,26,30). The topological polar surface area (TPSA) is 119 Å². The molecule has 4 rings (SSSR count). The number of rotatable bonds is 6. The Hall–Kier alpha value is -3.98. The highest BCUT2D eigenvalue weighted by Crippen LogP contribution is 2.20. The normalized spacial score (nSPS) is 11.3. The molecule has 0 atom stereocenters. The quantitative estimate of drug-likeness (QED) is 0.439. The summed E-state index contributed by atoms with van der Waals surface area (Å²) in [6.07, 6.45) is 3.46. The van der Waals surface area contributed by atoms with Crippen LogP contribution < -0.4 is 5.32 Å². The van der Waals surface area contributed by atoms with Crippen LogP contribution in [0.4, 0.5) is 0 Å². The number of nitrogens with zero attached hydrogens (tertiary/aromatic N) is 3. The molecular formula is C24H20N4O4S. The molecule has 33 heavy (non-hydrogen) atoms. The highest BCUT2D eigenvalue weighted by Gasteiger charge is 2.15. The molecular weight excluding hydrogens is 440 g/mol. The number of fused-ring (bicyclic) bond motifs is 1. The monoisotopic (exact) mass is 460 g/mol. The first-order valence-electron chi connectivity index (χ1n) is 10.0. The number of aromatic nitrogens is 3. The number of aldehydes is 1. The van der Waals surface area contributed by atoms with Crippen molar-refractivity contribution < 1.29 is 18.0 Å². The summed E-state index contributed by atoms with van der Waals surface area (Å²) in [5.74, 6) is -0.404. The predicted molar refractivity (Wildman–Crippen MR) is 124 cm³/mol. The van der Waals surface area contributed by atoms with Gasteiger partial charge in [0, 0.05) is 23.4 Å². The van der Waals surface area contributed by atoms with Gasteiger partial charge in [-0.15, -0.1) is 0 Å². The van der Waals surface area contributed by atoms with Crippen LogP contribution in [0.2, 0.25) is 0 Å². The Labute approximate surface area is 190 Å². The molecule has 3 heterocycles. The summed E-state index contributed by atoms with van der Waals surface area (Å²) in [5.41, 5.74) is 3.60. The van der Waals surface area contributed by atoms with E-state index in [0.717, 1.165) is 11.6 Å². The van der Waals surface area contributed by atoms with Crippen molar-refractivity contribution in [3.63, 3.8) is 0 Å². The molecule has 0 radical (unpaired) electrons. The average molecular weight is 461 g/mol. The highest BCUT2D eigenvalue weighted by molar-refractivity contribution is 7.90. The third-order valence-corrected chi connectivity index (χ3v) is 6.30. The van der Waals surface area contributed by atoms with Crippen molar-refractivity contribution in [1.29, 1.82) is 0 Å². The summed E-state index contributed by atoms with van der Waals surface area (Å²) in [6, 6.07) is 15.1. The van der Waals surface area contributed by atoms with Crippen molar-refractivity contribution in [3.8, 4) is 11.4 Å². The highest BCUT2D eigenvalue weighted by atomic mass is 32.2. The van der Waals surface area contributed by atoms with Crippen LogP contribution in [0.1, 0.15) is 32.1 Å². The van der Waals surface area contributed by atoms with Crippen molar-refractivity contribution in [2.24, 2.45) is 0 Å². The molecule has 0 saturated carbocycles. The van der Waals surface area contributed by atoms with Gasteiger partial charge < -0.3 is 5.32 Å². The SMILES string of the molecule is Cc1ccc(C(=O)NCc2cc3nc(-c4cccc(C=O)n4)ccc3cn2)cc1S(C)(=O)=O. The van der Waals surface area contributed by atoms with Gasteiger partial charge in [0.15, 0.2) is 16.1 Å². The maximum absolute atomic E-state index is 12.6. The van der Waals surface area contributed by atoms with Gasteiger partial charge in [-0.2, -0.15) is 0 Å². The number of hydrogen-bond donors (Lipinski definition) is 1. The Morgan fingerprint density at radius 1 is 1.03 bits per heavy atom. The Morgan fingerprint density at radius 3 is 2.58 bits per heavy atom. The number of amides is 1. The summed E-state index contributed by atoms with van der Waals surface area (Å²) in [4.78, 5) is 37.0. The van der Waals surface area contributed by atoms with Gasteiger partial charge in [0.2, 0.25) is 0 Å². The minimum absolute atomic E-state index is 0.128. The smallest absolute Gasteiger partial charge is 0.251 e.